The van der Waals surface area contributed by atoms with Crippen molar-refractivity contribution in [1.82, 2.24) is 0 Å². The first kappa shape index (κ1) is 15.0. The van der Waals surface area contributed by atoms with Crippen LogP contribution < -0.4 is 0 Å². The van der Waals surface area contributed by atoms with E-state index in [4.69, 9.17) is 27.9 Å². The maximum Gasteiger partial charge on any atom is 0.306 e. The molecule has 5 heteroatoms. The number of rotatable bonds is 6. The molecular weight excluding hydrogens is 303 g/mol. The molecule has 0 N–H and O–H groups in total. The Morgan fingerprint density at radius 3 is 2.53 bits per heavy atom. The Balaban J connectivity index is 1.85. The molecule has 0 amide bonds. The number of thioether (sulfide) groups is 1. The number of esters is 1. The molecule has 1 saturated carbocycles. The maximum atomic E-state index is 11.3. The first-order valence-electron chi connectivity index (χ1n) is 6.14. The van der Waals surface area contributed by atoms with Gasteiger partial charge in [-0.25, -0.2) is 0 Å². The van der Waals surface area contributed by atoms with Gasteiger partial charge >= 0.3 is 5.97 Å². The number of halogens is 2. The highest BCUT2D eigenvalue weighted by Crippen LogP contribution is 2.51. The van der Waals surface area contributed by atoms with E-state index in [1.54, 1.807) is 11.8 Å². The topological polar surface area (TPSA) is 26.3 Å². The molecule has 2 nitrogen and oxygen atoms in total. The minimum absolute atomic E-state index is 0.117. The molecule has 1 aromatic rings. The summed E-state index contributed by atoms with van der Waals surface area (Å²) in [6.07, 6.45) is 2.73. The lowest BCUT2D eigenvalue weighted by molar-refractivity contribution is -0.141. The molecule has 104 valence electrons. The molecule has 1 aliphatic rings. The number of hydrogen-bond acceptors (Lipinski definition) is 3. The van der Waals surface area contributed by atoms with Crippen LogP contribution in [0.2, 0.25) is 10.0 Å². The van der Waals surface area contributed by atoms with Gasteiger partial charge in [-0.3, -0.25) is 4.79 Å². The molecule has 19 heavy (non-hydrogen) atoms. The van der Waals surface area contributed by atoms with Crippen molar-refractivity contribution in [2.24, 2.45) is 5.41 Å². The van der Waals surface area contributed by atoms with E-state index in [2.05, 4.69) is 0 Å². The zero-order valence-electron chi connectivity index (χ0n) is 10.7. The van der Waals surface area contributed by atoms with Crippen molar-refractivity contribution in [3.05, 3.63) is 33.8 Å². The molecule has 1 aromatic carbocycles. The van der Waals surface area contributed by atoms with Crippen LogP contribution >= 0.6 is 35.0 Å². The van der Waals surface area contributed by atoms with Gasteiger partial charge in [-0.1, -0.05) is 29.3 Å². The first-order chi connectivity index (χ1) is 9.06. The fourth-order valence-corrected chi connectivity index (χ4v) is 4.10. The van der Waals surface area contributed by atoms with Gasteiger partial charge in [0, 0.05) is 15.8 Å². The Hall–Kier alpha value is -0.380. The summed E-state index contributed by atoms with van der Waals surface area (Å²) in [7, 11) is 1.44. The molecule has 0 heterocycles. The van der Waals surface area contributed by atoms with Crippen molar-refractivity contribution in [1.29, 1.82) is 0 Å². The molecule has 0 spiro atoms. The standard InChI is InChI=1S/C14H16Cl2O2S/c1-18-13(17)7-14(5-6-14)9-19-8-10-11(15)3-2-4-12(10)16/h2-4H,5-9H2,1H3. The fraction of sp³-hybridized carbons (Fsp3) is 0.500. The summed E-state index contributed by atoms with van der Waals surface area (Å²) in [5.74, 6) is 1.61. The van der Waals surface area contributed by atoms with Gasteiger partial charge in [0.15, 0.2) is 0 Å². The van der Waals surface area contributed by atoms with Crippen molar-refractivity contribution >= 4 is 40.9 Å². The van der Waals surface area contributed by atoms with Crippen LogP contribution in [0.4, 0.5) is 0 Å². The molecule has 0 aliphatic heterocycles. The summed E-state index contributed by atoms with van der Waals surface area (Å²) in [4.78, 5) is 11.3. The highest BCUT2D eigenvalue weighted by Gasteiger charge is 2.44. The Bertz CT molecular complexity index is 452. The van der Waals surface area contributed by atoms with Crippen molar-refractivity contribution < 1.29 is 9.53 Å². The van der Waals surface area contributed by atoms with Crippen LogP contribution in [0.1, 0.15) is 24.8 Å². The first-order valence-corrected chi connectivity index (χ1v) is 8.05. The van der Waals surface area contributed by atoms with Gasteiger partial charge < -0.3 is 4.74 Å². The van der Waals surface area contributed by atoms with Gasteiger partial charge in [0.1, 0.15) is 0 Å². The smallest absolute Gasteiger partial charge is 0.306 e. The van der Waals surface area contributed by atoms with Gasteiger partial charge in [0.05, 0.1) is 13.5 Å². The zero-order valence-corrected chi connectivity index (χ0v) is 13.1. The third-order valence-electron chi connectivity index (χ3n) is 3.42. The van der Waals surface area contributed by atoms with Crippen LogP contribution in [0, 0.1) is 5.41 Å². The molecule has 0 atom stereocenters. The summed E-state index contributed by atoms with van der Waals surface area (Å²) >= 11 is 14.0. The van der Waals surface area contributed by atoms with E-state index >= 15 is 0 Å². The Labute approximate surface area is 127 Å². The number of carbonyl (C=O) groups excluding carboxylic acids is 1. The molecule has 0 saturated heterocycles. The van der Waals surface area contributed by atoms with Crippen LogP contribution in [-0.2, 0) is 15.3 Å². The minimum Gasteiger partial charge on any atom is -0.469 e. The lowest BCUT2D eigenvalue weighted by Crippen LogP contribution is -2.13. The summed E-state index contributed by atoms with van der Waals surface area (Å²) in [5, 5.41) is 1.41. The normalized spacial score (nSPS) is 16.2. The molecular formula is C14H16Cl2O2S. The molecule has 1 aliphatic carbocycles. The lowest BCUT2D eigenvalue weighted by Gasteiger charge is -2.13. The van der Waals surface area contributed by atoms with E-state index in [0.29, 0.717) is 16.5 Å². The van der Waals surface area contributed by atoms with E-state index in [1.165, 1.54) is 7.11 Å². The number of ether oxygens (including phenoxy) is 1. The monoisotopic (exact) mass is 318 g/mol. The van der Waals surface area contributed by atoms with Crippen LogP contribution in [-0.4, -0.2) is 18.8 Å². The average Bonchev–Trinajstić information content (AvgIpc) is 3.13. The third-order valence-corrected chi connectivity index (χ3v) is 5.44. The minimum atomic E-state index is -0.117. The predicted octanol–water partition coefficient (Wildman–Crippen LogP) is 4.57. The molecule has 0 bridgehead atoms. The fourth-order valence-electron chi connectivity index (χ4n) is 1.97. The Kier molecular flexibility index (Phi) is 5.04. The predicted molar refractivity (Wildman–Crippen MR) is 80.9 cm³/mol. The molecule has 0 radical (unpaired) electrons. The van der Waals surface area contributed by atoms with E-state index in [-0.39, 0.29) is 11.4 Å². The van der Waals surface area contributed by atoms with Crippen LogP contribution in [0.5, 0.6) is 0 Å². The largest absolute Gasteiger partial charge is 0.469 e. The summed E-state index contributed by atoms with van der Waals surface area (Å²) in [6, 6.07) is 5.55. The molecule has 0 unspecified atom stereocenters. The quantitative estimate of drug-likeness (QED) is 0.719. The number of carbonyl (C=O) groups is 1. The Morgan fingerprint density at radius 1 is 1.37 bits per heavy atom. The number of benzene rings is 1. The highest BCUT2D eigenvalue weighted by molar-refractivity contribution is 7.98. The number of methoxy groups -OCH3 is 1. The summed E-state index contributed by atoms with van der Waals surface area (Å²) in [6.45, 7) is 0. The Morgan fingerprint density at radius 2 is 2.00 bits per heavy atom. The van der Waals surface area contributed by atoms with Crippen LogP contribution in [0.25, 0.3) is 0 Å². The second kappa shape index (κ2) is 6.38. The van der Waals surface area contributed by atoms with Gasteiger partial charge in [-0.2, -0.15) is 11.8 Å². The second-order valence-electron chi connectivity index (χ2n) is 4.95. The maximum absolute atomic E-state index is 11.3. The SMILES string of the molecule is COC(=O)CC1(CSCc2c(Cl)cccc2Cl)CC1. The van der Waals surface area contributed by atoms with Gasteiger partial charge in [0.2, 0.25) is 0 Å². The van der Waals surface area contributed by atoms with Crippen molar-refractivity contribution in [3.63, 3.8) is 0 Å². The van der Waals surface area contributed by atoms with E-state index < -0.39 is 0 Å². The van der Waals surface area contributed by atoms with E-state index in [0.717, 1.165) is 29.9 Å². The molecule has 2 rings (SSSR count). The van der Waals surface area contributed by atoms with Gasteiger partial charge in [0.25, 0.3) is 0 Å². The van der Waals surface area contributed by atoms with Gasteiger partial charge in [-0.05, 0) is 41.7 Å². The van der Waals surface area contributed by atoms with E-state index in [9.17, 15) is 4.79 Å². The summed E-state index contributed by atoms with van der Waals surface area (Å²) < 4.78 is 4.74. The van der Waals surface area contributed by atoms with Crippen LogP contribution in [0.3, 0.4) is 0 Å². The third kappa shape index (κ3) is 4.04. The average molecular weight is 319 g/mol. The van der Waals surface area contributed by atoms with E-state index in [1.807, 2.05) is 18.2 Å². The molecule has 0 aromatic heterocycles. The van der Waals surface area contributed by atoms with Crippen molar-refractivity contribution in [3.8, 4) is 0 Å². The van der Waals surface area contributed by atoms with Gasteiger partial charge in [-0.15, -0.1) is 0 Å². The van der Waals surface area contributed by atoms with Crippen LogP contribution in [0.15, 0.2) is 18.2 Å². The van der Waals surface area contributed by atoms with Crippen molar-refractivity contribution in [2.75, 3.05) is 12.9 Å². The molecule has 1 fully saturated rings. The zero-order chi connectivity index (χ0) is 13.9. The number of hydrogen-bond donors (Lipinski definition) is 0. The lowest BCUT2D eigenvalue weighted by atomic mass is 10.1. The van der Waals surface area contributed by atoms with Crippen molar-refractivity contribution in [2.45, 2.75) is 25.0 Å². The summed E-state index contributed by atoms with van der Waals surface area (Å²) in [5.41, 5.74) is 1.12. The second-order valence-corrected chi connectivity index (χ2v) is 6.75. The highest BCUT2D eigenvalue weighted by atomic mass is 35.5.